The first kappa shape index (κ1) is 13.1. The molecule has 2 N–H and O–H groups in total. The van der Waals surface area contributed by atoms with Gasteiger partial charge in [0.15, 0.2) is 6.61 Å². The predicted octanol–water partition coefficient (Wildman–Crippen LogP) is 1.48. The van der Waals surface area contributed by atoms with Gasteiger partial charge in [-0.2, -0.15) is 0 Å². The van der Waals surface area contributed by atoms with Crippen LogP contribution < -0.4 is 10.5 Å². The van der Waals surface area contributed by atoms with Gasteiger partial charge in [0.05, 0.1) is 24.1 Å². The molecular weight excluding hydrogens is 234 g/mol. The molecule has 5 nitrogen and oxygen atoms in total. The molecule has 0 fully saturated rings. The Balaban J connectivity index is 2.82. The topological polar surface area (TPSA) is 74.4 Å². The van der Waals surface area contributed by atoms with Gasteiger partial charge in [0, 0.05) is 6.07 Å². The van der Waals surface area contributed by atoms with Gasteiger partial charge < -0.3 is 15.2 Å². The maximum Gasteiger partial charge on any atom is 0.340 e. The molecule has 0 unspecified atom stereocenters. The second-order valence-electron chi connectivity index (χ2n) is 3.03. The van der Waals surface area contributed by atoms with Crippen molar-refractivity contribution in [2.75, 3.05) is 18.9 Å². The van der Waals surface area contributed by atoms with Crippen LogP contribution in [0.4, 0.5) is 14.5 Å². The third-order valence-corrected chi connectivity index (χ3v) is 1.76. The molecule has 1 aromatic heterocycles. The zero-order valence-electron chi connectivity index (χ0n) is 9.15. The summed E-state index contributed by atoms with van der Waals surface area (Å²) in [6, 6.07) is 1.18. The van der Waals surface area contributed by atoms with Crippen molar-refractivity contribution in [3.63, 3.8) is 0 Å². The van der Waals surface area contributed by atoms with Crippen LogP contribution in [0.3, 0.4) is 0 Å². The van der Waals surface area contributed by atoms with Crippen molar-refractivity contribution in [3.8, 4) is 5.88 Å². The fourth-order valence-corrected chi connectivity index (χ4v) is 1.06. The molecule has 0 atom stereocenters. The number of esters is 1. The molecule has 0 aliphatic carbocycles. The molecule has 1 aromatic rings. The highest BCUT2D eigenvalue weighted by atomic mass is 19.3. The van der Waals surface area contributed by atoms with E-state index in [1.165, 1.54) is 6.07 Å². The van der Waals surface area contributed by atoms with Crippen LogP contribution in [0.25, 0.3) is 0 Å². The molecule has 1 rings (SSSR count). The summed E-state index contributed by atoms with van der Waals surface area (Å²) in [4.78, 5) is 15.1. The average Bonchev–Trinajstić information content (AvgIpc) is 2.28. The van der Waals surface area contributed by atoms with Gasteiger partial charge in [-0.15, -0.1) is 0 Å². The minimum atomic E-state index is -2.61. The highest BCUT2D eigenvalue weighted by Crippen LogP contribution is 2.18. The number of nitrogens with zero attached hydrogens (tertiary/aromatic N) is 1. The van der Waals surface area contributed by atoms with Gasteiger partial charge in [0.1, 0.15) is 0 Å². The van der Waals surface area contributed by atoms with Crippen LogP contribution in [-0.4, -0.2) is 30.6 Å². The number of carbonyl (C=O) groups is 1. The van der Waals surface area contributed by atoms with E-state index >= 15 is 0 Å². The number of hydrogen-bond acceptors (Lipinski definition) is 5. The largest absolute Gasteiger partial charge is 0.472 e. The summed E-state index contributed by atoms with van der Waals surface area (Å²) in [5.41, 5.74) is 5.66. The molecule has 0 saturated carbocycles. The molecule has 0 saturated heterocycles. The Morgan fingerprint density at radius 3 is 2.88 bits per heavy atom. The normalized spacial score (nSPS) is 10.4. The van der Waals surface area contributed by atoms with E-state index in [1.54, 1.807) is 6.92 Å². The van der Waals surface area contributed by atoms with E-state index in [2.05, 4.69) is 9.72 Å². The summed E-state index contributed by atoms with van der Waals surface area (Å²) >= 11 is 0. The lowest BCUT2D eigenvalue weighted by molar-refractivity contribution is 0.0526. The number of ether oxygens (including phenoxy) is 2. The van der Waals surface area contributed by atoms with Gasteiger partial charge in [-0.05, 0) is 6.92 Å². The Kier molecular flexibility index (Phi) is 4.62. The molecule has 0 aromatic carbocycles. The van der Waals surface area contributed by atoms with Gasteiger partial charge >= 0.3 is 5.97 Å². The molecule has 7 heteroatoms. The number of rotatable bonds is 5. The summed E-state index contributed by atoms with van der Waals surface area (Å²) in [6.07, 6.45) is -1.45. The van der Waals surface area contributed by atoms with Crippen LogP contribution >= 0.6 is 0 Å². The van der Waals surface area contributed by atoms with Gasteiger partial charge in [0.2, 0.25) is 5.88 Å². The van der Waals surface area contributed by atoms with Crippen molar-refractivity contribution >= 4 is 11.7 Å². The lowest BCUT2D eigenvalue weighted by Crippen LogP contribution is -2.11. The fraction of sp³-hybridized carbons (Fsp3) is 0.400. The van der Waals surface area contributed by atoms with E-state index in [0.717, 1.165) is 6.20 Å². The standard InChI is InChI=1S/C10H12F2N2O3/c1-2-16-10(15)6-3-9(14-4-7(6)13)17-5-8(11)12/h3-4,8H,2,5,13H2,1H3. The predicted molar refractivity (Wildman–Crippen MR) is 56.1 cm³/mol. The average molecular weight is 246 g/mol. The van der Waals surface area contributed by atoms with E-state index in [-0.39, 0.29) is 23.7 Å². The minimum absolute atomic E-state index is 0.0473. The smallest absolute Gasteiger partial charge is 0.340 e. The number of aromatic nitrogens is 1. The first-order valence-electron chi connectivity index (χ1n) is 4.88. The number of nitrogen functional groups attached to an aromatic ring is 1. The molecule has 94 valence electrons. The molecule has 0 bridgehead atoms. The molecule has 0 spiro atoms. The number of hydrogen-bond donors (Lipinski definition) is 1. The van der Waals surface area contributed by atoms with Crippen LogP contribution in [0.1, 0.15) is 17.3 Å². The second kappa shape index (κ2) is 5.97. The molecule has 17 heavy (non-hydrogen) atoms. The summed E-state index contributed by atoms with van der Waals surface area (Å²) in [5.74, 6) is -0.739. The van der Waals surface area contributed by atoms with Gasteiger partial charge in [0.25, 0.3) is 6.43 Å². The van der Waals surface area contributed by atoms with E-state index in [1.807, 2.05) is 0 Å². The maximum atomic E-state index is 11.9. The van der Waals surface area contributed by atoms with Gasteiger partial charge in [-0.25, -0.2) is 18.6 Å². The van der Waals surface area contributed by atoms with Crippen molar-refractivity contribution in [2.24, 2.45) is 0 Å². The van der Waals surface area contributed by atoms with Crippen LogP contribution in [0.2, 0.25) is 0 Å². The van der Waals surface area contributed by atoms with Crippen molar-refractivity contribution in [1.82, 2.24) is 4.98 Å². The van der Waals surface area contributed by atoms with Crippen LogP contribution in [0.5, 0.6) is 5.88 Å². The van der Waals surface area contributed by atoms with E-state index in [9.17, 15) is 13.6 Å². The summed E-state index contributed by atoms with van der Waals surface area (Å²) in [6.45, 7) is 1.04. The van der Waals surface area contributed by atoms with Crippen LogP contribution in [-0.2, 0) is 4.74 Å². The van der Waals surface area contributed by atoms with Crippen LogP contribution in [0, 0.1) is 0 Å². The van der Waals surface area contributed by atoms with Crippen molar-refractivity contribution in [3.05, 3.63) is 17.8 Å². The number of halogens is 2. The van der Waals surface area contributed by atoms with Gasteiger partial charge in [-0.3, -0.25) is 0 Å². The Hall–Kier alpha value is -1.92. The third-order valence-electron chi connectivity index (χ3n) is 1.76. The Morgan fingerprint density at radius 1 is 1.59 bits per heavy atom. The Morgan fingerprint density at radius 2 is 2.29 bits per heavy atom. The highest BCUT2D eigenvalue weighted by Gasteiger charge is 2.13. The quantitative estimate of drug-likeness (QED) is 0.796. The minimum Gasteiger partial charge on any atom is -0.472 e. The zero-order chi connectivity index (χ0) is 12.8. The zero-order valence-corrected chi connectivity index (χ0v) is 9.15. The highest BCUT2D eigenvalue weighted by molar-refractivity contribution is 5.95. The number of carbonyl (C=O) groups excluding carboxylic acids is 1. The number of pyridine rings is 1. The molecule has 1 heterocycles. The van der Waals surface area contributed by atoms with Crippen molar-refractivity contribution in [2.45, 2.75) is 13.3 Å². The van der Waals surface area contributed by atoms with Crippen molar-refractivity contribution in [1.29, 1.82) is 0 Å². The van der Waals surface area contributed by atoms with E-state index < -0.39 is 19.0 Å². The maximum absolute atomic E-state index is 11.9. The molecular formula is C10H12F2N2O3. The number of anilines is 1. The van der Waals surface area contributed by atoms with Crippen molar-refractivity contribution < 1.29 is 23.0 Å². The lowest BCUT2D eigenvalue weighted by Gasteiger charge is -2.08. The lowest BCUT2D eigenvalue weighted by atomic mass is 10.2. The SMILES string of the molecule is CCOC(=O)c1cc(OCC(F)F)ncc1N. The van der Waals surface area contributed by atoms with E-state index in [0.29, 0.717) is 0 Å². The summed E-state index contributed by atoms with van der Waals surface area (Å²) in [7, 11) is 0. The molecule has 0 aliphatic heterocycles. The van der Waals surface area contributed by atoms with E-state index in [4.69, 9.17) is 10.5 Å². The molecule has 0 amide bonds. The number of nitrogens with two attached hydrogens (primary N) is 1. The Labute approximate surface area is 96.5 Å². The van der Waals surface area contributed by atoms with Gasteiger partial charge in [-0.1, -0.05) is 0 Å². The first-order chi connectivity index (χ1) is 8.04. The second-order valence-corrected chi connectivity index (χ2v) is 3.03. The first-order valence-corrected chi connectivity index (χ1v) is 4.88. The Bertz CT molecular complexity index is 399. The molecule has 0 radical (unpaired) electrons. The summed E-state index contributed by atoms with van der Waals surface area (Å²) < 4.78 is 33.2. The number of alkyl halides is 2. The third kappa shape index (κ3) is 3.86. The summed E-state index contributed by atoms with van der Waals surface area (Å²) in [5, 5.41) is 0. The van der Waals surface area contributed by atoms with Crippen LogP contribution in [0.15, 0.2) is 12.3 Å². The monoisotopic (exact) mass is 246 g/mol. The molecule has 0 aliphatic rings. The fourth-order valence-electron chi connectivity index (χ4n) is 1.06.